The maximum atomic E-state index is 13.5. The topological polar surface area (TPSA) is 88.7 Å². The van der Waals surface area contributed by atoms with Gasteiger partial charge in [-0.2, -0.15) is 4.31 Å². The van der Waals surface area contributed by atoms with Crippen LogP contribution in [-0.4, -0.2) is 38.5 Å². The van der Waals surface area contributed by atoms with Crippen LogP contribution in [0.25, 0.3) is 10.9 Å². The molecule has 1 aromatic heterocycles. The summed E-state index contributed by atoms with van der Waals surface area (Å²) >= 11 is 0. The third kappa shape index (κ3) is 4.98. The van der Waals surface area contributed by atoms with E-state index in [0.717, 1.165) is 5.56 Å². The van der Waals surface area contributed by atoms with E-state index in [1.807, 2.05) is 30.3 Å². The van der Waals surface area contributed by atoms with Crippen molar-refractivity contribution in [3.05, 3.63) is 100 Å². The van der Waals surface area contributed by atoms with Crippen molar-refractivity contribution >= 4 is 20.9 Å². The van der Waals surface area contributed by atoms with Crippen LogP contribution < -0.4 is 15.0 Å². The molecule has 0 aliphatic heterocycles. The van der Waals surface area contributed by atoms with Gasteiger partial charge in [-0.25, -0.2) is 8.42 Å². The van der Waals surface area contributed by atoms with Crippen LogP contribution in [0.4, 0.5) is 0 Å². The molecule has 0 bridgehead atoms. The molecule has 0 aliphatic rings. The average molecular weight is 479 g/mol. The molecule has 1 N–H and O–H groups in total. The largest absolute Gasteiger partial charge is 0.493 e. The van der Waals surface area contributed by atoms with Gasteiger partial charge in [0.1, 0.15) is 0 Å². The zero-order valence-electron chi connectivity index (χ0n) is 19.0. The van der Waals surface area contributed by atoms with Crippen LogP contribution in [0.5, 0.6) is 11.5 Å². The van der Waals surface area contributed by atoms with Crippen LogP contribution in [0.1, 0.15) is 11.1 Å². The second kappa shape index (κ2) is 10.1. The Kier molecular flexibility index (Phi) is 7.00. The lowest BCUT2D eigenvalue weighted by molar-refractivity contribution is 0.355. The molecule has 1 heterocycles. The van der Waals surface area contributed by atoms with Gasteiger partial charge in [0, 0.05) is 30.1 Å². The van der Waals surface area contributed by atoms with Crippen LogP contribution in [0.2, 0.25) is 0 Å². The van der Waals surface area contributed by atoms with Gasteiger partial charge in [-0.3, -0.25) is 4.79 Å². The number of nitrogens with zero attached hydrogens (tertiary/aromatic N) is 1. The molecule has 0 unspecified atom stereocenters. The molecule has 0 saturated carbocycles. The first-order valence-electron chi connectivity index (χ1n) is 10.8. The van der Waals surface area contributed by atoms with E-state index in [-0.39, 0.29) is 23.5 Å². The number of fused-ring (bicyclic) bond motifs is 1. The highest BCUT2D eigenvalue weighted by molar-refractivity contribution is 7.89. The standard InChI is InChI=1S/C26H26N2O5S/c1-32-24-16-20-15-21(26(29)27-23(20)17-25(24)33-2)18-28(14-13-19-9-5-3-6-10-19)34(30,31)22-11-7-4-8-12-22/h3-12,15-17H,13-14,18H2,1-2H3,(H,27,29). The van der Waals surface area contributed by atoms with Crippen LogP contribution >= 0.6 is 0 Å². The van der Waals surface area contributed by atoms with Gasteiger partial charge in [0.25, 0.3) is 5.56 Å². The number of rotatable bonds is 9. The fraction of sp³-hybridized carbons (Fsp3) is 0.192. The van der Waals surface area contributed by atoms with Crippen molar-refractivity contribution in [3.63, 3.8) is 0 Å². The molecule has 176 valence electrons. The van der Waals surface area contributed by atoms with Crippen LogP contribution in [-0.2, 0) is 23.0 Å². The number of aromatic amines is 1. The lowest BCUT2D eigenvalue weighted by atomic mass is 10.1. The smallest absolute Gasteiger partial charge is 0.252 e. The summed E-state index contributed by atoms with van der Waals surface area (Å²) in [4.78, 5) is 15.9. The maximum Gasteiger partial charge on any atom is 0.252 e. The van der Waals surface area contributed by atoms with Gasteiger partial charge in [-0.1, -0.05) is 48.5 Å². The molecule has 0 atom stereocenters. The summed E-state index contributed by atoms with van der Waals surface area (Å²) in [5.74, 6) is 1.01. The van der Waals surface area contributed by atoms with Crippen molar-refractivity contribution in [2.24, 2.45) is 0 Å². The molecule has 0 radical (unpaired) electrons. The zero-order chi connectivity index (χ0) is 24.1. The van der Waals surface area contributed by atoms with Crippen LogP contribution in [0, 0.1) is 0 Å². The number of hydrogen-bond acceptors (Lipinski definition) is 5. The molecule has 0 aliphatic carbocycles. The second-order valence-corrected chi connectivity index (χ2v) is 9.74. The van der Waals surface area contributed by atoms with Crippen LogP contribution in [0.15, 0.2) is 88.6 Å². The Morgan fingerprint density at radius 2 is 1.47 bits per heavy atom. The molecule has 0 fully saturated rings. The minimum atomic E-state index is -3.83. The van der Waals surface area contributed by atoms with Gasteiger partial charge in [0.05, 0.1) is 24.6 Å². The normalized spacial score (nSPS) is 11.6. The molecular weight excluding hydrogens is 452 g/mol. The van der Waals surface area contributed by atoms with Gasteiger partial charge in [-0.15, -0.1) is 0 Å². The quantitative estimate of drug-likeness (QED) is 0.393. The number of aromatic nitrogens is 1. The number of hydrogen-bond donors (Lipinski definition) is 1. The Morgan fingerprint density at radius 1 is 0.853 bits per heavy atom. The lowest BCUT2D eigenvalue weighted by Crippen LogP contribution is -2.34. The number of H-pyrrole nitrogens is 1. The van der Waals surface area contributed by atoms with Gasteiger partial charge < -0.3 is 14.5 Å². The predicted octanol–water partition coefficient (Wildman–Crippen LogP) is 3.98. The lowest BCUT2D eigenvalue weighted by Gasteiger charge is -2.22. The summed E-state index contributed by atoms with van der Waals surface area (Å²) in [6, 6.07) is 23.1. The Labute approximate surface area is 198 Å². The number of sulfonamides is 1. The first-order chi connectivity index (χ1) is 16.4. The summed E-state index contributed by atoms with van der Waals surface area (Å²) < 4.78 is 39.0. The Balaban J connectivity index is 1.73. The third-order valence-corrected chi connectivity index (χ3v) is 7.51. The minimum absolute atomic E-state index is 0.0658. The van der Waals surface area contributed by atoms with Crippen molar-refractivity contribution in [1.29, 1.82) is 0 Å². The SMILES string of the molecule is COc1cc2cc(CN(CCc3ccccc3)S(=O)(=O)c3ccccc3)c(=O)[nH]c2cc1OC. The second-order valence-electron chi connectivity index (χ2n) is 7.81. The highest BCUT2D eigenvalue weighted by Gasteiger charge is 2.25. The number of pyridine rings is 1. The number of nitrogens with one attached hydrogen (secondary N) is 1. The zero-order valence-corrected chi connectivity index (χ0v) is 19.8. The van der Waals surface area contributed by atoms with Gasteiger partial charge in [0.2, 0.25) is 10.0 Å². The summed E-state index contributed by atoms with van der Waals surface area (Å²) in [6.45, 7) is 0.161. The third-order valence-electron chi connectivity index (χ3n) is 5.65. The Bertz CT molecular complexity index is 1440. The highest BCUT2D eigenvalue weighted by Crippen LogP contribution is 2.31. The molecule has 3 aromatic carbocycles. The fourth-order valence-electron chi connectivity index (χ4n) is 3.81. The first-order valence-corrected chi connectivity index (χ1v) is 12.2. The Morgan fingerprint density at radius 3 is 2.12 bits per heavy atom. The number of benzene rings is 3. The summed E-state index contributed by atoms with van der Waals surface area (Å²) in [6.07, 6.45) is 0.517. The molecule has 0 amide bonds. The molecular formula is C26H26N2O5S. The van der Waals surface area contributed by atoms with Gasteiger partial charge >= 0.3 is 0 Å². The monoisotopic (exact) mass is 478 g/mol. The number of methoxy groups -OCH3 is 2. The molecule has 4 rings (SSSR count). The van der Waals surface area contributed by atoms with Crippen LogP contribution in [0.3, 0.4) is 0 Å². The Hall–Kier alpha value is -3.62. The molecule has 8 heteroatoms. The van der Waals surface area contributed by atoms with E-state index >= 15 is 0 Å². The summed E-state index contributed by atoms with van der Waals surface area (Å²) in [7, 11) is -0.768. The van der Waals surface area contributed by atoms with Crippen molar-refractivity contribution in [3.8, 4) is 11.5 Å². The van der Waals surface area contributed by atoms with E-state index in [0.29, 0.717) is 34.4 Å². The van der Waals surface area contributed by atoms with E-state index in [2.05, 4.69) is 4.98 Å². The van der Waals surface area contributed by atoms with E-state index in [4.69, 9.17) is 9.47 Å². The highest BCUT2D eigenvalue weighted by atomic mass is 32.2. The summed E-state index contributed by atoms with van der Waals surface area (Å²) in [5.41, 5.74) is 1.58. The predicted molar refractivity (Wildman–Crippen MR) is 132 cm³/mol. The maximum absolute atomic E-state index is 13.5. The van der Waals surface area contributed by atoms with Crippen molar-refractivity contribution in [2.75, 3.05) is 20.8 Å². The molecule has 0 spiro atoms. The van der Waals surface area contributed by atoms with E-state index in [1.54, 1.807) is 48.5 Å². The molecule has 0 saturated heterocycles. The fourth-order valence-corrected chi connectivity index (χ4v) is 5.25. The van der Waals surface area contributed by atoms with E-state index in [1.165, 1.54) is 18.5 Å². The first kappa shape index (κ1) is 23.5. The van der Waals surface area contributed by atoms with E-state index in [9.17, 15) is 13.2 Å². The summed E-state index contributed by atoms with van der Waals surface area (Å²) in [5, 5.41) is 0.715. The van der Waals surface area contributed by atoms with Crippen molar-refractivity contribution in [2.45, 2.75) is 17.9 Å². The average Bonchev–Trinajstić information content (AvgIpc) is 2.87. The molecule has 7 nitrogen and oxygen atoms in total. The minimum Gasteiger partial charge on any atom is -0.493 e. The van der Waals surface area contributed by atoms with Crippen molar-refractivity contribution < 1.29 is 17.9 Å². The molecule has 34 heavy (non-hydrogen) atoms. The van der Waals surface area contributed by atoms with Gasteiger partial charge in [-0.05, 0) is 36.2 Å². The number of ether oxygens (including phenoxy) is 2. The van der Waals surface area contributed by atoms with Gasteiger partial charge in [0.15, 0.2) is 11.5 Å². The molecule has 4 aromatic rings. The van der Waals surface area contributed by atoms with Crippen molar-refractivity contribution in [1.82, 2.24) is 9.29 Å². The van der Waals surface area contributed by atoms with E-state index < -0.39 is 10.0 Å².